The number of aryl methyl sites for hydroxylation is 1. The summed E-state index contributed by atoms with van der Waals surface area (Å²) in [5, 5.41) is 2.86. The van der Waals surface area contributed by atoms with Gasteiger partial charge in [-0.25, -0.2) is 19.6 Å². The molecule has 0 radical (unpaired) electrons. The smallest absolute Gasteiger partial charge is 0.340 e. The van der Waals surface area contributed by atoms with Gasteiger partial charge in [-0.2, -0.15) is 0 Å². The van der Waals surface area contributed by atoms with Crippen LogP contribution >= 0.6 is 0 Å². The summed E-state index contributed by atoms with van der Waals surface area (Å²) < 4.78 is 7.10. The average Bonchev–Trinajstić information content (AvgIpc) is 3.34. The third-order valence-corrected chi connectivity index (χ3v) is 5.43. The van der Waals surface area contributed by atoms with Crippen molar-refractivity contribution in [1.29, 1.82) is 0 Å². The number of para-hydroxylation sites is 1. The molecule has 3 aromatic rings. The number of ether oxygens (including phenoxy) is 1. The molecule has 1 aromatic carbocycles. The number of hydrogen-bond acceptors (Lipinski definition) is 5. The predicted octanol–water partition coefficient (Wildman–Crippen LogP) is 3.24. The number of esters is 1. The van der Waals surface area contributed by atoms with E-state index in [9.17, 15) is 9.59 Å². The molecule has 1 saturated heterocycles. The Balaban J connectivity index is 1.40. The molecule has 30 heavy (non-hydrogen) atoms. The molecule has 1 atom stereocenters. The molecule has 2 amide bonds. The van der Waals surface area contributed by atoms with E-state index in [0.29, 0.717) is 30.3 Å². The Hall–Kier alpha value is -3.42. The molecule has 0 spiro atoms. The number of carbonyl (C=O) groups is 2. The van der Waals surface area contributed by atoms with E-state index in [1.54, 1.807) is 42.3 Å². The number of fused-ring (bicyclic) bond motifs is 1. The van der Waals surface area contributed by atoms with E-state index in [0.717, 1.165) is 29.8 Å². The van der Waals surface area contributed by atoms with Crippen LogP contribution in [0.2, 0.25) is 0 Å². The molecule has 0 saturated carbocycles. The van der Waals surface area contributed by atoms with Crippen molar-refractivity contribution >= 4 is 28.9 Å². The number of anilines is 1. The molecular formula is C22H25N5O3. The van der Waals surface area contributed by atoms with Crippen LogP contribution in [-0.4, -0.2) is 51.1 Å². The molecule has 8 heteroatoms. The fraction of sp³-hybridized carbons (Fsp3) is 0.364. The molecule has 1 N–H and O–H groups in total. The molecule has 1 aliphatic heterocycles. The Morgan fingerprint density at radius 2 is 2.07 bits per heavy atom. The van der Waals surface area contributed by atoms with E-state index < -0.39 is 5.97 Å². The highest BCUT2D eigenvalue weighted by Crippen LogP contribution is 2.24. The fourth-order valence-electron chi connectivity index (χ4n) is 3.87. The summed E-state index contributed by atoms with van der Waals surface area (Å²) in [6.07, 6.45) is 3.46. The molecule has 0 bridgehead atoms. The Kier molecular flexibility index (Phi) is 5.65. The number of pyridine rings is 1. The Labute approximate surface area is 174 Å². The van der Waals surface area contributed by atoms with Crippen molar-refractivity contribution in [2.75, 3.05) is 25.0 Å². The first-order valence-corrected chi connectivity index (χ1v) is 10.1. The monoisotopic (exact) mass is 407 g/mol. The number of imidazole rings is 1. The summed E-state index contributed by atoms with van der Waals surface area (Å²) in [5.74, 6) is 0.860. The van der Waals surface area contributed by atoms with Crippen LogP contribution in [0, 0.1) is 5.92 Å². The topological polar surface area (TPSA) is 89.3 Å². The van der Waals surface area contributed by atoms with Crippen molar-refractivity contribution < 1.29 is 14.3 Å². The van der Waals surface area contributed by atoms with Gasteiger partial charge in [0, 0.05) is 32.8 Å². The lowest BCUT2D eigenvalue weighted by Crippen LogP contribution is -2.33. The number of nitrogens with zero attached hydrogens (tertiary/aromatic N) is 4. The summed E-state index contributed by atoms with van der Waals surface area (Å²) in [4.78, 5) is 35.8. The van der Waals surface area contributed by atoms with Gasteiger partial charge in [-0.15, -0.1) is 0 Å². The van der Waals surface area contributed by atoms with Crippen LogP contribution in [0.15, 0.2) is 42.6 Å². The summed E-state index contributed by atoms with van der Waals surface area (Å²) in [6.45, 7) is 3.35. The second kappa shape index (κ2) is 8.52. The van der Waals surface area contributed by atoms with Crippen molar-refractivity contribution in [3.8, 4) is 0 Å². The highest BCUT2D eigenvalue weighted by Gasteiger charge is 2.28. The lowest BCUT2D eigenvalue weighted by Gasteiger charge is -2.18. The number of benzene rings is 1. The number of hydrogen-bond donors (Lipinski definition) is 1. The van der Waals surface area contributed by atoms with Crippen molar-refractivity contribution in [3.63, 3.8) is 0 Å². The van der Waals surface area contributed by atoms with Crippen molar-refractivity contribution in [3.05, 3.63) is 54.0 Å². The zero-order valence-corrected chi connectivity index (χ0v) is 17.2. The maximum atomic E-state index is 12.8. The number of urea groups is 1. The van der Waals surface area contributed by atoms with E-state index in [2.05, 4.69) is 10.3 Å². The van der Waals surface area contributed by atoms with Crippen LogP contribution in [0.3, 0.4) is 0 Å². The van der Waals surface area contributed by atoms with Gasteiger partial charge >= 0.3 is 12.0 Å². The molecule has 4 rings (SSSR count). The number of carbonyl (C=O) groups excluding carboxylic acids is 2. The van der Waals surface area contributed by atoms with E-state index >= 15 is 0 Å². The summed E-state index contributed by atoms with van der Waals surface area (Å²) >= 11 is 0. The van der Waals surface area contributed by atoms with Gasteiger partial charge in [0.05, 0.1) is 17.9 Å². The first-order chi connectivity index (χ1) is 14.6. The van der Waals surface area contributed by atoms with Crippen LogP contribution < -0.4 is 5.32 Å². The third-order valence-electron chi connectivity index (χ3n) is 5.43. The Morgan fingerprint density at radius 3 is 2.87 bits per heavy atom. The van der Waals surface area contributed by atoms with Crippen LogP contribution in [0.25, 0.3) is 11.2 Å². The molecule has 1 unspecified atom stereocenters. The normalized spacial score (nSPS) is 16.1. The molecule has 2 aromatic heterocycles. The number of likely N-dealkylation sites (tertiary alicyclic amines) is 1. The van der Waals surface area contributed by atoms with E-state index in [-0.39, 0.29) is 12.6 Å². The van der Waals surface area contributed by atoms with Gasteiger partial charge in [0.2, 0.25) is 0 Å². The minimum atomic E-state index is -0.442. The lowest BCUT2D eigenvalue weighted by molar-refractivity contribution is 0.0527. The minimum Gasteiger partial charge on any atom is -0.462 e. The van der Waals surface area contributed by atoms with Gasteiger partial charge < -0.3 is 19.5 Å². The highest BCUT2D eigenvalue weighted by molar-refractivity contribution is 6.00. The van der Waals surface area contributed by atoms with Gasteiger partial charge in [-0.05, 0) is 43.5 Å². The SMILES string of the molecule is CCOC(=O)c1ccccc1NC(=O)N1CCC(Cc2nc3cccnc3n2C)C1. The maximum Gasteiger partial charge on any atom is 0.340 e. The first kappa shape index (κ1) is 19.9. The van der Waals surface area contributed by atoms with Crippen molar-refractivity contribution in [2.24, 2.45) is 13.0 Å². The van der Waals surface area contributed by atoms with Crippen molar-refractivity contribution in [1.82, 2.24) is 19.4 Å². The van der Waals surface area contributed by atoms with Crippen molar-refractivity contribution in [2.45, 2.75) is 19.8 Å². The van der Waals surface area contributed by atoms with Gasteiger partial charge in [0.1, 0.15) is 11.3 Å². The summed E-state index contributed by atoms with van der Waals surface area (Å²) in [6, 6.07) is 10.5. The van der Waals surface area contributed by atoms with E-state index in [1.807, 2.05) is 23.7 Å². The Morgan fingerprint density at radius 1 is 1.23 bits per heavy atom. The zero-order chi connectivity index (χ0) is 21.1. The van der Waals surface area contributed by atoms with Gasteiger partial charge in [-0.1, -0.05) is 12.1 Å². The second-order valence-electron chi connectivity index (χ2n) is 7.43. The summed E-state index contributed by atoms with van der Waals surface area (Å²) in [7, 11) is 1.98. The minimum absolute atomic E-state index is 0.207. The lowest BCUT2D eigenvalue weighted by atomic mass is 10.0. The largest absolute Gasteiger partial charge is 0.462 e. The van der Waals surface area contributed by atoms with E-state index in [4.69, 9.17) is 9.72 Å². The molecule has 1 fully saturated rings. The Bertz CT molecular complexity index is 1080. The maximum absolute atomic E-state index is 12.8. The predicted molar refractivity (Wildman–Crippen MR) is 113 cm³/mol. The van der Waals surface area contributed by atoms with Gasteiger partial charge in [0.25, 0.3) is 0 Å². The van der Waals surface area contributed by atoms with Crippen LogP contribution in [-0.2, 0) is 18.2 Å². The van der Waals surface area contributed by atoms with Crippen LogP contribution in [0.1, 0.15) is 29.5 Å². The standard InChI is InChI=1S/C22H25N5O3/c1-3-30-21(28)16-7-4-5-8-17(16)25-22(29)27-12-10-15(14-27)13-19-24-18-9-6-11-23-20(18)26(19)2/h4-9,11,15H,3,10,12-14H2,1-2H3,(H,25,29). The van der Waals surface area contributed by atoms with Crippen LogP contribution in [0.4, 0.5) is 10.5 Å². The number of amides is 2. The average molecular weight is 407 g/mol. The van der Waals surface area contributed by atoms with Gasteiger partial charge in [0.15, 0.2) is 5.65 Å². The number of nitrogens with one attached hydrogen (secondary N) is 1. The van der Waals surface area contributed by atoms with E-state index in [1.165, 1.54) is 0 Å². The number of aromatic nitrogens is 3. The second-order valence-corrected chi connectivity index (χ2v) is 7.43. The third kappa shape index (κ3) is 3.98. The molecular weight excluding hydrogens is 382 g/mol. The van der Waals surface area contributed by atoms with Crippen LogP contribution in [0.5, 0.6) is 0 Å². The first-order valence-electron chi connectivity index (χ1n) is 10.1. The fourth-order valence-corrected chi connectivity index (χ4v) is 3.87. The molecule has 1 aliphatic rings. The molecule has 0 aliphatic carbocycles. The quantitative estimate of drug-likeness (QED) is 0.656. The zero-order valence-electron chi connectivity index (χ0n) is 17.2. The van der Waals surface area contributed by atoms with Gasteiger partial charge in [-0.3, -0.25) is 0 Å². The molecule has 156 valence electrons. The summed E-state index contributed by atoms with van der Waals surface area (Å²) in [5.41, 5.74) is 2.58. The number of rotatable bonds is 5. The molecule has 8 nitrogen and oxygen atoms in total. The highest BCUT2D eigenvalue weighted by atomic mass is 16.5. The molecule has 3 heterocycles.